The van der Waals surface area contributed by atoms with Crippen molar-refractivity contribution in [2.24, 2.45) is 10.8 Å². The third kappa shape index (κ3) is 0.715. The Kier molecular flexibility index (Phi) is 1.14. The zero-order valence-electron chi connectivity index (χ0n) is 6.41. The summed E-state index contributed by atoms with van der Waals surface area (Å²) in [5, 5.41) is 3.28. The van der Waals surface area contributed by atoms with E-state index in [-0.39, 0.29) is 12.1 Å². The van der Waals surface area contributed by atoms with E-state index < -0.39 is 0 Å². The van der Waals surface area contributed by atoms with E-state index >= 15 is 0 Å². The maximum atomic E-state index is 12.4. The van der Waals surface area contributed by atoms with Crippen LogP contribution in [0.2, 0.25) is 0 Å². The summed E-state index contributed by atoms with van der Waals surface area (Å²) in [6, 6.07) is 0. The highest BCUT2D eigenvalue weighted by Crippen LogP contribution is 2.56. The van der Waals surface area contributed by atoms with Gasteiger partial charge in [-0.15, -0.1) is 0 Å². The van der Waals surface area contributed by atoms with Crippen molar-refractivity contribution in [2.45, 2.75) is 19.8 Å². The Bertz CT molecular complexity index is 149. The Morgan fingerprint density at radius 1 is 1.40 bits per heavy atom. The summed E-state index contributed by atoms with van der Waals surface area (Å²) in [6.07, 6.45) is 2.20. The first-order chi connectivity index (χ1) is 4.68. The SMILES string of the molecule is CC12CNCC(CF)(C1)C2. The lowest BCUT2D eigenvalue weighted by Crippen LogP contribution is -2.61. The van der Waals surface area contributed by atoms with Crippen molar-refractivity contribution in [1.82, 2.24) is 5.32 Å². The first-order valence-electron chi connectivity index (χ1n) is 3.95. The molecule has 0 spiro atoms. The van der Waals surface area contributed by atoms with Crippen molar-refractivity contribution in [1.29, 1.82) is 0 Å². The average molecular weight is 143 g/mol. The Labute approximate surface area is 61.0 Å². The van der Waals surface area contributed by atoms with Gasteiger partial charge in [0.25, 0.3) is 0 Å². The highest BCUT2D eigenvalue weighted by molar-refractivity contribution is 5.06. The van der Waals surface area contributed by atoms with Crippen molar-refractivity contribution >= 4 is 0 Å². The van der Waals surface area contributed by atoms with Gasteiger partial charge in [-0.2, -0.15) is 0 Å². The predicted octanol–water partition coefficient (Wildman–Crippen LogP) is 1.35. The number of hydrogen-bond acceptors (Lipinski definition) is 1. The largest absolute Gasteiger partial charge is 0.316 e. The molecule has 1 nitrogen and oxygen atoms in total. The third-order valence-electron chi connectivity index (χ3n) is 2.94. The van der Waals surface area contributed by atoms with Crippen molar-refractivity contribution in [3.63, 3.8) is 0 Å². The van der Waals surface area contributed by atoms with Crippen LogP contribution in [0.15, 0.2) is 0 Å². The smallest absolute Gasteiger partial charge is 0.0963 e. The van der Waals surface area contributed by atoms with Gasteiger partial charge < -0.3 is 5.32 Å². The number of rotatable bonds is 1. The molecule has 1 N–H and O–H groups in total. The molecule has 2 heteroatoms. The molecule has 0 unspecified atom stereocenters. The molecule has 58 valence electrons. The zero-order chi connectivity index (χ0) is 7.24. The fourth-order valence-electron chi connectivity index (χ4n) is 2.78. The minimum Gasteiger partial charge on any atom is -0.316 e. The molecule has 0 aromatic carbocycles. The van der Waals surface area contributed by atoms with Gasteiger partial charge in [-0.25, -0.2) is 0 Å². The topological polar surface area (TPSA) is 12.0 Å². The van der Waals surface area contributed by atoms with Gasteiger partial charge in [-0.1, -0.05) is 6.92 Å². The van der Waals surface area contributed by atoms with Crippen LogP contribution < -0.4 is 5.32 Å². The number of halogens is 1. The molecule has 3 fully saturated rings. The lowest BCUT2D eigenvalue weighted by molar-refractivity contribution is -0.0768. The summed E-state index contributed by atoms with van der Waals surface area (Å²) in [7, 11) is 0. The molecular weight excluding hydrogens is 129 g/mol. The summed E-state index contributed by atoms with van der Waals surface area (Å²) in [6.45, 7) is 4.11. The van der Waals surface area contributed by atoms with E-state index in [0.717, 1.165) is 25.9 Å². The molecule has 0 aromatic heterocycles. The number of alkyl halides is 1. The molecule has 0 atom stereocenters. The van der Waals surface area contributed by atoms with Crippen LogP contribution in [0.5, 0.6) is 0 Å². The van der Waals surface area contributed by atoms with Gasteiger partial charge in [0.2, 0.25) is 0 Å². The van der Waals surface area contributed by atoms with Crippen LogP contribution in [0.25, 0.3) is 0 Å². The van der Waals surface area contributed by atoms with Crippen LogP contribution in [0.4, 0.5) is 4.39 Å². The van der Waals surface area contributed by atoms with Gasteiger partial charge in [0, 0.05) is 18.5 Å². The molecule has 0 radical (unpaired) electrons. The Morgan fingerprint density at radius 2 is 2.10 bits per heavy atom. The highest BCUT2D eigenvalue weighted by Gasteiger charge is 2.54. The molecule has 0 amide bonds. The van der Waals surface area contributed by atoms with Gasteiger partial charge in [-0.3, -0.25) is 4.39 Å². The monoisotopic (exact) mass is 143 g/mol. The Hall–Kier alpha value is -0.110. The van der Waals surface area contributed by atoms with Crippen molar-refractivity contribution in [2.75, 3.05) is 19.8 Å². The molecule has 2 saturated heterocycles. The van der Waals surface area contributed by atoms with Crippen LogP contribution in [0.3, 0.4) is 0 Å². The van der Waals surface area contributed by atoms with Crippen LogP contribution in [-0.2, 0) is 0 Å². The van der Waals surface area contributed by atoms with E-state index in [9.17, 15) is 4.39 Å². The predicted molar refractivity (Wildman–Crippen MR) is 38.6 cm³/mol. The van der Waals surface area contributed by atoms with E-state index in [1.54, 1.807) is 0 Å². The Balaban J connectivity index is 2.08. The van der Waals surface area contributed by atoms with Gasteiger partial charge in [0.15, 0.2) is 0 Å². The molecule has 2 heterocycles. The maximum absolute atomic E-state index is 12.4. The molecule has 3 aliphatic rings. The van der Waals surface area contributed by atoms with Gasteiger partial charge >= 0.3 is 0 Å². The van der Waals surface area contributed by atoms with Crippen molar-refractivity contribution < 1.29 is 4.39 Å². The zero-order valence-corrected chi connectivity index (χ0v) is 6.41. The summed E-state index contributed by atoms with van der Waals surface area (Å²) in [4.78, 5) is 0. The summed E-state index contributed by atoms with van der Waals surface area (Å²) >= 11 is 0. The van der Waals surface area contributed by atoms with E-state index in [2.05, 4.69) is 12.2 Å². The summed E-state index contributed by atoms with van der Waals surface area (Å²) < 4.78 is 12.4. The Morgan fingerprint density at radius 3 is 2.50 bits per heavy atom. The molecule has 10 heavy (non-hydrogen) atoms. The first-order valence-corrected chi connectivity index (χ1v) is 3.95. The summed E-state index contributed by atoms with van der Waals surface area (Å²) in [5.41, 5.74) is 0.483. The molecule has 0 aromatic rings. The normalized spacial score (nSPS) is 52.2. The van der Waals surface area contributed by atoms with Crippen LogP contribution in [-0.4, -0.2) is 19.8 Å². The lowest BCUT2D eigenvalue weighted by Gasteiger charge is -2.58. The second-order valence-corrected chi connectivity index (χ2v) is 4.40. The van der Waals surface area contributed by atoms with E-state index in [1.165, 1.54) is 0 Å². The van der Waals surface area contributed by atoms with Crippen molar-refractivity contribution in [3.05, 3.63) is 0 Å². The van der Waals surface area contributed by atoms with E-state index in [0.29, 0.717) is 5.41 Å². The molecule has 2 aliphatic heterocycles. The second kappa shape index (κ2) is 1.73. The van der Waals surface area contributed by atoms with Crippen LogP contribution in [0, 0.1) is 10.8 Å². The van der Waals surface area contributed by atoms with Crippen LogP contribution >= 0.6 is 0 Å². The van der Waals surface area contributed by atoms with Crippen molar-refractivity contribution in [3.8, 4) is 0 Å². The number of hydrogen-bond donors (Lipinski definition) is 1. The molecule has 3 rings (SSSR count). The standard InChI is InChI=1S/C8H14FN/c1-7-2-8(3-7,4-9)6-10-5-7/h10H,2-6H2,1H3. The average Bonchev–Trinajstić information content (AvgIpc) is 1.86. The van der Waals surface area contributed by atoms with Crippen LogP contribution in [0.1, 0.15) is 19.8 Å². The molecular formula is C8H14FN. The number of fused-ring (bicyclic) bond motifs is 2. The quantitative estimate of drug-likeness (QED) is 0.584. The minimum absolute atomic E-state index is 0.0486. The fraction of sp³-hybridized carbons (Fsp3) is 1.00. The second-order valence-electron chi connectivity index (χ2n) is 4.40. The summed E-state index contributed by atoms with van der Waals surface area (Å²) in [5.74, 6) is 0. The minimum atomic E-state index is -0.129. The number of nitrogens with one attached hydrogen (secondary N) is 1. The molecule has 2 bridgehead atoms. The first kappa shape index (κ1) is 6.59. The van der Waals surface area contributed by atoms with Gasteiger partial charge in [-0.05, 0) is 18.3 Å². The molecule has 1 saturated carbocycles. The molecule has 1 aliphatic carbocycles. The maximum Gasteiger partial charge on any atom is 0.0963 e. The van der Waals surface area contributed by atoms with E-state index in [1.807, 2.05) is 0 Å². The van der Waals surface area contributed by atoms with Gasteiger partial charge in [0.05, 0.1) is 6.67 Å². The highest BCUT2D eigenvalue weighted by atomic mass is 19.1. The number of piperidine rings is 2. The third-order valence-corrected chi connectivity index (χ3v) is 2.94. The lowest BCUT2D eigenvalue weighted by atomic mass is 9.52. The fourth-order valence-corrected chi connectivity index (χ4v) is 2.78. The van der Waals surface area contributed by atoms with Gasteiger partial charge in [0.1, 0.15) is 0 Å². The van der Waals surface area contributed by atoms with E-state index in [4.69, 9.17) is 0 Å².